The average molecular weight is 288 g/mol. The zero-order valence-electron chi connectivity index (χ0n) is 12.2. The second-order valence-corrected chi connectivity index (χ2v) is 5.30. The van der Waals surface area contributed by atoms with Crippen molar-refractivity contribution in [2.45, 2.75) is 31.8 Å². The lowest BCUT2D eigenvalue weighted by molar-refractivity contribution is 0.0532. The fraction of sp³-hybridized carbons (Fsp3) is 0.533. The van der Waals surface area contributed by atoms with Crippen LogP contribution in [0.2, 0.25) is 0 Å². The van der Waals surface area contributed by atoms with E-state index in [-0.39, 0.29) is 0 Å². The summed E-state index contributed by atoms with van der Waals surface area (Å²) in [7, 11) is 1.75. The molecule has 6 heteroatoms. The monoisotopic (exact) mass is 288 g/mol. The number of rotatable bonds is 5. The SMILES string of the molecule is COCC1CCCCN1Cc1nc(-c2ccccn2)no1. The number of methoxy groups -OCH3 is 1. The Morgan fingerprint density at radius 3 is 3.14 bits per heavy atom. The van der Waals surface area contributed by atoms with Crippen molar-refractivity contribution in [3.63, 3.8) is 0 Å². The smallest absolute Gasteiger partial charge is 0.241 e. The van der Waals surface area contributed by atoms with Crippen LogP contribution >= 0.6 is 0 Å². The molecule has 1 saturated heterocycles. The van der Waals surface area contributed by atoms with Gasteiger partial charge in [-0.3, -0.25) is 9.88 Å². The number of hydrogen-bond acceptors (Lipinski definition) is 6. The van der Waals surface area contributed by atoms with Crippen molar-refractivity contribution in [1.29, 1.82) is 0 Å². The minimum absolute atomic E-state index is 0.439. The molecule has 0 bridgehead atoms. The first-order valence-corrected chi connectivity index (χ1v) is 7.34. The summed E-state index contributed by atoms with van der Waals surface area (Å²) in [6.45, 7) is 2.48. The quantitative estimate of drug-likeness (QED) is 0.840. The van der Waals surface area contributed by atoms with Crippen molar-refractivity contribution < 1.29 is 9.26 Å². The molecule has 0 N–H and O–H groups in total. The molecule has 6 nitrogen and oxygen atoms in total. The van der Waals surface area contributed by atoms with Gasteiger partial charge in [0.1, 0.15) is 5.69 Å². The van der Waals surface area contributed by atoms with Crippen LogP contribution in [0.4, 0.5) is 0 Å². The summed E-state index contributed by atoms with van der Waals surface area (Å²) in [6.07, 6.45) is 5.36. The molecule has 0 saturated carbocycles. The molecule has 1 fully saturated rings. The second-order valence-electron chi connectivity index (χ2n) is 5.30. The highest BCUT2D eigenvalue weighted by atomic mass is 16.5. The summed E-state index contributed by atoms with van der Waals surface area (Å²) in [5.41, 5.74) is 0.736. The Labute approximate surface area is 124 Å². The molecular formula is C15H20N4O2. The molecule has 21 heavy (non-hydrogen) atoms. The Balaban J connectivity index is 1.69. The number of aromatic nitrogens is 3. The van der Waals surface area contributed by atoms with Gasteiger partial charge in [0.05, 0.1) is 13.2 Å². The van der Waals surface area contributed by atoms with Crippen molar-refractivity contribution in [3.05, 3.63) is 30.3 Å². The predicted molar refractivity (Wildman–Crippen MR) is 77.5 cm³/mol. The molecule has 2 aromatic rings. The lowest BCUT2D eigenvalue weighted by Crippen LogP contribution is -2.41. The second kappa shape index (κ2) is 6.78. The first-order valence-electron chi connectivity index (χ1n) is 7.34. The zero-order chi connectivity index (χ0) is 14.5. The normalized spacial score (nSPS) is 19.8. The van der Waals surface area contributed by atoms with Gasteiger partial charge >= 0.3 is 0 Å². The van der Waals surface area contributed by atoms with Crippen molar-refractivity contribution in [3.8, 4) is 11.5 Å². The Morgan fingerprint density at radius 1 is 1.38 bits per heavy atom. The fourth-order valence-corrected chi connectivity index (χ4v) is 2.74. The number of hydrogen-bond donors (Lipinski definition) is 0. The van der Waals surface area contributed by atoms with Gasteiger partial charge in [-0.15, -0.1) is 0 Å². The first kappa shape index (κ1) is 14.2. The van der Waals surface area contributed by atoms with Gasteiger partial charge in [0.2, 0.25) is 11.7 Å². The van der Waals surface area contributed by atoms with Crippen LogP contribution < -0.4 is 0 Å². The highest BCUT2D eigenvalue weighted by molar-refractivity contribution is 5.46. The third-order valence-corrected chi connectivity index (χ3v) is 3.81. The third-order valence-electron chi connectivity index (χ3n) is 3.81. The molecule has 1 aliphatic rings. The van der Waals surface area contributed by atoms with E-state index in [9.17, 15) is 0 Å². The van der Waals surface area contributed by atoms with Crippen molar-refractivity contribution in [2.75, 3.05) is 20.3 Å². The van der Waals surface area contributed by atoms with Gasteiger partial charge in [-0.1, -0.05) is 17.6 Å². The Morgan fingerprint density at radius 2 is 2.33 bits per heavy atom. The number of pyridine rings is 1. The van der Waals surface area contributed by atoms with Crippen molar-refractivity contribution >= 4 is 0 Å². The fourth-order valence-electron chi connectivity index (χ4n) is 2.74. The van der Waals surface area contributed by atoms with Gasteiger partial charge in [-0.2, -0.15) is 4.98 Å². The van der Waals surface area contributed by atoms with E-state index in [1.54, 1.807) is 13.3 Å². The highest BCUT2D eigenvalue weighted by Crippen LogP contribution is 2.20. The predicted octanol–water partition coefficient (Wildman–Crippen LogP) is 2.13. The van der Waals surface area contributed by atoms with Crippen LogP contribution in [-0.2, 0) is 11.3 Å². The van der Waals surface area contributed by atoms with Gasteiger partial charge in [-0.25, -0.2) is 0 Å². The lowest BCUT2D eigenvalue weighted by Gasteiger charge is -2.34. The maximum absolute atomic E-state index is 5.36. The molecule has 0 aromatic carbocycles. The summed E-state index contributed by atoms with van der Waals surface area (Å²) in [4.78, 5) is 11.0. The van der Waals surface area contributed by atoms with Crippen LogP contribution in [0.3, 0.4) is 0 Å². The molecule has 1 unspecified atom stereocenters. The summed E-state index contributed by atoms with van der Waals surface area (Å²) < 4.78 is 10.7. The summed E-state index contributed by atoms with van der Waals surface area (Å²) >= 11 is 0. The van der Waals surface area contributed by atoms with Crippen LogP contribution in [0.1, 0.15) is 25.2 Å². The van der Waals surface area contributed by atoms with Crippen LogP contribution in [0.5, 0.6) is 0 Å². The molecule has 0 radical (unpaired) electrons. The molecule has 0 spiro atoms. The summed E-state index contributed by atoms with van der Waals surface area (Å²) in [5, 5.41) is 4.02. The standard InChI is InChI=1S/C15H20N4O2/c1-20-11-12-6-3-5-9-19(12)10-14-17-15(18-21-14)13-7-2-4-8-16-13/h2,4,7-8,12H,3,5-6,9-11H2,1H3. The molecule has 112 valence electrons. The van der Waals surface area contributed by atoms with Crippen molar-refractivity contribution in [1.82, 2.24) is 20.0 Å². The molecule has 0 aliphatic carbocycles. The molecule has 0 amide bonds. The maximum Gasteiger partial charge on any atom is 0.241 e. The number of piperidine rings is 1. The van der Waals surface area contributed by atoms with Gasteiger partial charge in [0.15, 0.2) is 0 Å². The third kappa shape index (κ3) is 3.46. The van der Waals surface area contributed by atoms with Crippen LogP contribution in [-0.4, -0.2) is 46.3 Å². The van der Waals surface area contributed by atoms with Crippen LogP contribution in [0.15, 0.2) is 28.9 Å². The lowest BCUT2D eigenvalue weighted by atomic mass is 10.0. The van der Waals surface area contributed by atoms with Crippen LogP contribution in [0, 0.1) is 0 Å². The van der Waals surface area contributed by atoms with Gasteiger partial charge < -0.3 is 9.26 Å². The maximum atomic E-state index is 5.36. The number of nitrogens with zero attached hydrogens (tertiary/aromatic N) is 4. The molecule has 3 rings (SSSR count). The number of likely N-dealkylation sites (tertiary alicyclic amines) is 1. The minimum Gasteiger partial charge on any atom is -0.383 e. The van der Waals surface area contributed by atoms with E-state index in [0.29, 0.717) is 24.3 Å². The Bertz CT molecular complexity index is 556. The molecular weight excluding hydrogens is 268 g/mol. The zero-order valence-corrected chi connectivity index (χ0v) is 12.2. The average Bonchev–Trinajstić information content (AvgIpc) is 2.99. The largest absolute Gasteiger partial charge is 0.383 e. The first-order chi connectivity index (χ1) is 10.4. The van der Waals surface area contributed by atoms with E-state index in [2.05, 4.69) is 20.0 Å². The van der Waals surface area contributed by atoms with Gasteiger partial charge in [0, 0.05) is 19.3 Å². The topological polar surface area (TPSA) is 64.3 Å². The van der Waals surface area contributed by atoms with Gasteiger partial charge in [0.25, 0.3) is 0 Å². The summed E-state index contributed by atoms with van der Waals surface area (Å²) in [6, 6.07) is 6.10. The highest BCUT2D eigenvalue weighted by Gasteiger charge is 2.24. The molecule has 1 atom stereocenters. The van der Waals surface area contributed by atoms with E-state index >= 15 is 0 Å². The van der Waals surface area contributed by atoms with E-state index < -0.39 is 0 Å². The molecule has 1 aliphatic heterocycles. The molecule has 3 heterocycles. The van der Waals surface area contributed by atoms with E-state index in [1.165, 1.54) is 12.8 Å². The van der Waals surface area contributed by atoms with E-state index in [1.807, 2.05) is 18.2 Å². The molecule has 2 aromatic heterocycles. The number of ether oxygens (including phenoxy) is 1. The Kier molecular flexibility index (Phi) is 4.57. The Hall–Kier alpha value is -1.79. The van der Waals surface area contributed by atoms with Crippen molar-refractivity contribution in [2.24, 2.45) is 0 Å². The van der Waals surface area contributed by atoms with Crippen LogP contribution in [0.25, 0.3) is 11.5 Å². The summed E-state index contributed by atoms with van der Waals surface area (Å²) in [5.74, 6) is 1.18. The van der Waals surface area contributed by atoms with E-state index in [0.717, 1.165) is 25.3 Å². The van der Waals surface area contributed by atoms with Gasteiger partial charge in [-0.05, 0) is 31.5 Å². The minimum atomic E-state index is 0.439. The van der Waals surface area contributed by atoms with E-state index in [4.69, 9.17) is 9.26 Å².